The van der Waals surface area contributed by atoms with Crippen LogP contribution in [0.15, 0.2) is 83.7 Å². The van der Waals surface area contributed by atoms with Crippen LogP contribution in [0.4, 0.5) is 0 Å². The van der Waals surface area contributed by atoms with Crippen LogP contribution in [-0.4, -0.2) is 27.5 Å². The van der Waals surface area contributed by atoms with Crippen LogP contribution in [0.3, 0.4) is 0 Å². The van der Waals surface area contributed by atoms with Crippen molar-refractivity contribution in [1.82, 2.24) is 15.3 Å². The van der Waals surface area contributed by atoms with E-state index in [1.807, 2.05) is 66.7 Å². The van der Waals surface area contributed by atoms with Crippen LogP contribution in [0, 0.1) is 0 Å². The standard InChI is InChI=1S/C29H27N3O3/c1-18(33)30-17-9-14-21-20-12-5-7-15-23(20)31-27(21)25(19-10-3-2-4-11-19)26-28(34)22-13-6-8-16-24(22)32-29(26)35/h2-8,10-13,15-16,25,31H,9,14,17H2,1H3,(H,30,33)(H2,32,34,35). The van der Waals surface area contributed by atoms with Gasteiger partial charge in [0, 0.05) is 35.5 Å². The van der Waals surface area contributed by atoms with Gasteiger partial charge in [0.15, 0.2) is 0 Å². The lowest BCUT2D eigenvalue weighted by atomic mass is 9.85. The summed E-state index contributed by atoms with van der Waals surface area (Å²) in [6.45, 7) is 2.07. The number of hydrogen-bond acceptors (Lipinski definition) is 3. The second kappa shape index (κ2) is 9.50. The number of fused-ring (bicyclic) bond motifs is 2. The predicted molar refractivity (Wildman–Crippen MR) is 139 cm³/mol. The Bertz CT molecular complexity index is 1570. The smallest absolute Gasteiger partial charge is 0.256 e. The number of carbonyl (C=O) groups is 1. The fourth-order valence-corrected chi connectivity index (χ4v) is 4.90. The van der Waals surface area contributed by atoms with Crippen LogP contribution < -0.4 is 10.9 Å². The molecule has 0 radical (unpaired) electrons. The maximum absolute atomic E-state index is 13.4. The highest BCUT2D eigenvalue weighted by molar-refractivity contribution is 5.88. The van der Waals surface area contributed by atoms with Crippen molar-refractivity contribution in [3.8, 4) is 5.75 Å². The summed E-state index contributed by atoms with van der Waals surface area (Å²) in [7, 11) is 0. The average molecular weight is 466 g/mol. The Morgan fingerprint density at radius 1 is 0.886 bits per heavy atom. The first-order valence-corrected chi connectivity index (χ1v) is 11.8. The zero-order valence-electron chi connectivity index (χ0n) is 19.5. The third-order valence-corrected chi connectivity index (χ3v) is 6.46. The molecule has 0 spiro atoms. The quantitative estimate of drug-likeness (QED) is 0.256. The van der Waals surface area contributed by atoms with Crippen LogP contribution >= 0.6 is 0 Å². The highest BCUT2D eigenvalue weighted by atomic mass is 16.3. The first kappa shape index (κ1) is 22.5. The van der Waals surface area contributed by atoms with E-state index in [2.05, 4.69) is 21.4 Å². The summed E-state index contributed by atoms with van der Waals surface area (Å²) in [5.74, 6) is -0.576. The summed E-state index contributed by atoms with van der Waals surface area (Å²) in [6, 6.07) is 25.1. The van der Waals surface area contributed by atoms with Crippen molar-refractivity contribution in [2.24, 2.45) is 0 Å². The number of amides is 1. The average Bonchev–Trinajstić information content (AvgIpc) is 3.22. The van der Waals surface area contributed by atoms with Crippen LogP contribution in [0.2, 0.25) is 0 Å². The Balaban J connectivity index is 1.73. The second-order valence-electron chi connectivity index (χ2n) is 8.76. The fraction of sp³-hybridized carbons (Fsp3) is 0.172. The van der Waals surface area contributed by atoms with Crippen molar-refractivity contribution in [1.29, 1.82) is 0 Å². The largest absolute Gasteiger partial charge is 0.507 e. The van der Waals surface area contributed by atoms with Gasteiger partial charge >= 0.3 is 0 Å². The molecule has 0 aliphatic carbocycles. The van der Waals surface area contributed by atoms with Gasteiger partial charge in [-0.05, 0) is 42.2 Å². The molecule has 1 amide bonds. The highest BCUT2D eigenvalue weighted by Gasteiger charge is 2.29. The van der Waals surface area contributed by atoms with Gasteiger partial charge in [-0.25, -0.2) is 0 Å². The van der Waals surface area contributed by atoms with E-state index in [0.717, 1.165) is 34.1 Å². The molecule has 0 bridgehead atoms. The molecule has 0 fully saturated rings. The summed E-state index contributed by atoms with van der Waals surface area (Å²) >= 11 is 0. The predicted octanol–water partition coefficient (Wildman–Crippen LogP) is 4.96. The monoisotopic (exact) mass is 465 g/mol. The minimum Gasteiger partial charge on any atom is -0.507 e. The number of nitrogens with one attached hydrogen (secondary N) is 3. The van der Waals surface area contributed by atoms with E-state index in [1.54, 1.807) is 6.07 Å². The maximum atomic E-state index is 13.4. The summed E-state index contributed by atoms with van der Waals surface area (Å²) in [4.78, 5) is 31.3. The van der Waals surface area contributed by atoms with Crippen molar-refractivity contribution >= 4 is 27.7 Å². The topological polar surface area (TPSA) is 98.0 Å². The lowest BCUT2D eigenvalue weighted by Gasteiger charge is -2.20. The molecule has 2 aromatic heterocycles. The lowest BCUT2D eigenvalue weighted by Crippen LogP contribution is -2.22. The molecular weight excluding hydrogens is 438 g/mol. The van der Waals surface area contributed by atoms with E-state index >= 15 is 0 Å². The van der Waals surface area contributed by atoms with E-state index in [4.69, 9.17) is 0 Å². The van der Waals surface area contributed by atoms with Gasteiger partial charge in [-0.1, -0.05) is 60.7 Å². The number of carbonyl (C=O) groups excluding carboxylic acids is 1. The first-order valence-electron chi connectivity index (χ1n) is 11.8. The van der Waals surface area contributed by atoms with Gasteiger partial charge in [0.05, 0.1) is 17.0 Å². The number of benzene rings is 3. The molecule has 6 heteroatoms. The molecule has 6 nitrogen and oxygen atoms in total. The Morgan fingerprint density at radius 2 is 1.51 bits per heavy atom. The van der Waals surface area contributed by atoms with Gasteiger partial charge in [0.2, 0.25) is 5.91 Å². The number of H-pyrrole nitrogens is 2. The van der Waals surface area contributed by atoms with E-state index < -0.39 is 5.92 Å². The van der Waals surface area contributed by atoms with Crippen LogP contribution in [-0.2, 0) is 11.2 Å². The summed E-state index contributed by atoms with van der Waals surface area (Å²) in [6.07, 6.45) is 1.45. The van der Waals surface area contributed by atoms with Crippen molar-refractivity contribution in [2.45, 2.75) is 25.7 Å². The van der Waals surface area contributed by atoms with Crippen molar-refractivity contribution < 1.29 is 9.90 Å². The first-order chi connectivity index (χ1) is 17.0. The van der Waals surface area contributed by atoms with Gasteiger partial charge in [0.25, 0.3) is 5.56 Å². The maximum Gasteiger partial charge on any atom is 0.256 e. The van der Waals surface area contributed by atoms with Gasteiger partial charge < -0.3 is 20.4 Å². The third-order valence-electron chi connectivity index (χ3n) is 6.46. The van der Waals surface area contributed by atoms with Gasteiger partial charge in [-0.15, -0.1) is 0 Å². The van der Waals surface area contributed by atoms with Crippen LogP contribution in [0.5, 0.6) is 5.75 Å². The number of pyridine rings is 1. The molecule has 1 atom stereocenters. The zero-order chi connectivity index (χ0) is 24.4. The molecule has 0 aliphatic rings. The molecule has 0 saturated carbocycles. The molecule has 5 rings (SSSR count). The van der Waals surface area contributed by atoms with E-state index in [0.29, 0.717) is 29.4 Å². The van der Waals surface area contributed by atoms with Gasteiger partial charge in [-0.2, -0.15) is 0 Å². The van der Waals surface area contributed by atoms with Crippen molar-refractivity contribution in [3.63, 3.8) is 0 Å². The zero-order valence-corrected chi connectivity index (χ0v) is 19.5. The molecule has 0 saturated heterocycles. The lowest BCUT2D eigenvalue weighted by molar-refractivity contribution is -0.118. The highest BCUT2D eigenvalue weighted by Crippen LogP contribution is 2.40. The van der Waals surface area contributed by atoms with Crippen molar-refractivity contribution in [3.05, 3.63) is 112 Å². The molecule has 3 aromatic carbocycles. The van der Waals surface area contributed by atoms with Crippen molar-refractivity contribution in [2.75, 3.05) is 6.54 Å². The molecule has 5 aromatic rings. The summed E-state index contributed by atoms with van der Waals surface area (Å²) in [5, 5.41) is 15.9. The minimum atomic E-state index is -0.507. The molecular formula is C29H27N3O3. The minimum absolute atomic E-state index is 0.0129. The Morgan fingerprint density at radius 3 is 2.23 bits per heavy atom. The number of aromatic amines is 2. The number of rotatable bonds is 7. The summed E-state index contributed by atoms with van der Waals surface area (Å²) in [5.41, 5.74) is 4.40. The number of para-hydroxylation sites is 2. The Kier molecular flexibility index (Phi) is 6.10. The number of aromatic hydroxyl groups is 1. The molecule has 4 N–H and O–H groups in total. The SMILES string of the molecule is CC(=O)NCCCc1c(C(c2ccccc2)c2c(O)c3ccccc3[nH]c2=O)[nH]c2ccccc12. The molecule has 0 aliphatic heterocycles. The van der Waals surface area contributed by atoms with Gasteiger partial charge in [0.1, 0.15) is 5.75 Å². The molecule has 35 heavy (non-hydrogen) atoms. The molecule has 176 valence electrons. The van der Waals surface area contributed by atoms with Crippen LogP contribution in [0.1, 0.15) is 41.6 Å². The number of hydrogen-bond donors (Lipinski definition) is 4. The van der Waals surface area contributed by atoms with Crippen LogP contribution in [0.25, 0.3) is 21.8 Å². The second-order valence-corrected chi connectivity index (χ2v) is 8.76. The number of aryl methyl sites for hydroxylation is 1. The Hall–Kier alpha value is -4.32. The molecule has 2 heterocycles. The van der Waals surface area contributed by atoms with E-state index in [1.165, 1.54) is 6.92 Å². The van der Waals surface area contributed by atoms with E-state index in [-0.39, 0.29) is 17.2 Å². The van der Waals surface area contributed by atoms with E-state index in [9.17, 15) is 14.7 Å². The Labute approximate surface area is 202 Å². The van der Waals surface area contributed by atoms with Gasteiger partial charge in [-0.3, -0.25) is 9.59 Å². The normalized spacial score (nSPS) is 12.1. The molecule has 1 unspecified atom stereocenters. The fourth-order valence-electron chi connectivity index (χ4n) is 4.90. The third kappa shape index (κ3) is 4.30. The summed E-state index contributed by atoms with van der Waals surface area (Å²) < 4.78 is 0. The number of aromatic nitrogens is 2.